The third-order valence-corrected chi connectivity index (χ3v) is 5.40. The molecule has 2 aromatic rings. The molecule has 1 aliphatic rings. The number of Topliss-reactive ketones (excluding diaryl/α,β-unsaturated/α-hetero) is 1. The quantitative estimate of drug-likeness (QED) is 0.502. The highest BCUT2D eigenvalue weighted by atomic mass is 16.5. The summed E-state index contributed by atoms with van der Waals surface area (Å²) in [5, 5.41) is 5.46. The van der Waals surface area contributed by atoms with Crippen LogP contribution in [0.15, 0.2) is 48.5 Å². The molecular weight excluding hydrogens is 398 g/mol. The third-order valence-electron chi connectivity index (χ3n) is 5.40. The van der Waals surface area contributed by atoms with Crippen LogP contribution in [0.4, 0.5) is 10.5 Å². The highest BCUT2D eigenvalue weighted by Gasteiger charge is 2.51. The Labute approximate surface area is 180 Å². The summed E-state index contributed by atoms with van der Waals surface area (Å²) in [5.41, 5.74) is 0.314. The lowest BCUT2D eigenvalue weighted by Crippen LogP contribution is -2.43. The summed E-state index contributed by atoms with van der Waals surface area (Å²) in [6, 6.07) is 12.6. The lowest BCUT2D eigenvalue weighted by Gasteiger charge is -2.26. The maximum absolute atomic E-state index is 13.2. The van der Waals surface area contributed by atoms with Gasteiger partial charge in [-0.3, -0.25) is 19.3 Å². The smallest absolute Gasteiger partial charge is 0.325 e. The SMILES string of the molecule is CCC(=O)Nc1ccc(C(=O)CN2C(=O)N[C@](CC)(c3ccc(OC)cc3)C2=O)cc1. The molecule has 31 heavy (non-hydrogen) atoms. The van der Waals surface area contributed by atoms with Crippen LogP contribution in [0.1, 0.15) is 42.6 Å². The molecule has 0 saturated carbocycles. The number of ether oxygens (including phenoxy) is 1. The first-order chi connectivity index (χ1) is 14.8. The summed E-state index contributed by atoms with van der Waals surface area (Å²) in [4.78, 5) is 51.0. The average molecular weight is 423 g/mol. The number of hydrogen-bond acceptors (Lipinski definition) is 5. The summed E-state index contributed by atoms with van der Waals surface area (Å²) >= 11 is 0. The number of carbonyl (C=O) groups excluding carboxylic acids is 4. The van der Waals surface area contributed by atoms with Crippen molar-refractivity contribution in [3.63, 3.8) is 0 Å². The Morgan fingerprint density at radius 1 is 1.03 bits per heavy atom. The predicted molar refractivity (Wildman–Crippen MR) is 115 cm³/mol. The molecule has 162 valence electrons. The molecule has 3 rings (SSSR count). The third kappa shape index (κ3) is 4.28. The van der Waals surface area contributed by atoms with Crippen LogP contribution in [0.2, 0.25) is 0 Å². The standard InChI is InChI=1S/C23H25N3O5/c1-4-20(28)24-17-10-6-15(7-11-17)19(27)14-26-21(29)23(5-2,25-22(26)30)16-8-12-18(31-3)13-9-16/h6-13H,4-5,14H2,1-3H3,(H,24,28)(H,25,30)/t23-/m1/s1. The Morgan fingerprint density at radius 3 is 2.23 bits per heavy atom. The van der Waals surface area contributed by atoms with E-state index in [1.807, 2.05) is 0 Å². The lowest BCUT2D eigenvalue weighted by molar-refractivity contribution is -0.131. The van der Waals surface area contributed by atoms with Crippen LogP contribution in [0.5, 0.6) is 5.75 Å². The molecule has 0 bridgehead atoms. The Morgan fingerprint density at radius 2 is 1.68 bits per heavy atom. The molecule has 0 unspecified atom stereocenters. The molecule has 0 radical (unpaired) electrons. The number of ketones is 1. The summed E-state index contributed by atoms with van der Waals surface area (Å²) in [5.74, 6) is -0.339. The number of carbonyl (C=O) groups is 4. The number of nitrogens with zero attached hydrogens (tertiary/aromatic N) is 1. The van der Waals surface area contributed by atoms with Gasteiger partial charge < -0.3 is 15.4 Å². The van der Waals surface area contributed by atoms with Crippen molar-refractivity contribution in [2.75, 3.05) is 19.0 Å². The van der Waals surface area contributed by atoms with Crippen molar-refractivity contribution in [1.29, 1.82) is 0 Å². The van der Waals surface area contributed by atoms with Gasteiger partial charge in [-0.2, -0.15) is 0 Å². The fourth-order valence-electron chi connectivity index (χ4n) is 3.51. The Hall–Kier alpha value is -3.68. The second kappa shape index (κ2) is 8.99. The predicted octanol–water partition coefficient (Wildman–Crippen LogP) is 3.08. The molecule has 2 N–H and O–H groups in total. The van der Waals surface area contributed by atoms with Gasteiger partial charge in [-0.25, -0.2) is 4.79 Å². The number of rotatable bonds is 8. The van der Waals surface area contributed by atoms with E-state index in [1.165, 1.54) is 0 Å². The van der Waals surface area contributed by atoms with E-state index in [0.717, 1.165) is 4.90 Å². The number of hydrogen-bond donors (Lipinski definition) is 2. The summed E-state index contributed by atoms with van der Waals surface area (Å²) in [7, 11) is 1.55. The van der Waals surface area contributed by atoms with Crippen LogP contribution in [0.3, 0.4) is 0 Å². The Balaban J connectivity index is 1.77. The molecule has 8 heteroatoms. The fraction of sp³-hybridized carbons (Fsp3) is 0.304. The van der Waals surface area contributed by atoms with Gasteiger partial charge in [0.1, 0.15) is 11.3 Å². The minimum atomic E-state index is -1.22. The van der Waals surface area contributed by atoms with Gasteiger partial charge in [0.15, 0.2) is 5.78 Å². The van der Waals surface area contributed by atoms with Crippen molar-refractivity contribution in [3.8, 4) is 5.75 Å². The number of anilines is 1. The molecule has 1 fully saturated rings. The molecule has 2 aromatic carbocycles. The van der Waals surface area contributed by atoms with E-state index in [-0.39, 0.29) is 18.2 Å². The van der Waals surface area contributed by atoms with Gasteiger partial charge in [-0.05, 0) is 48.4 Å². The number of benzene rings is 2. The zero-order chi connectivity index (χ0) is 22.6. The number of nitrogens with one attached hydrogen (secondary N) is 2. The minimum absolute atomic E-state index is 0.132. The number of urea groups is 1. The molecular formula is C23H25N3O5. The second-order valence-electron chi connectivity index (χ2n) is 7.21. The number of methoxy groups -OCH3 is 1. The van der Waals surface area contributed by atoms with Gasteiger partial charge in [0.05, 0.1) is 13.7 Å². The van der Waals surface area contributed by atoms with Crippen LogP contribution in [-0.4, -0.2) is 42.2 Å². The van der Waals surface area contributed by atoms with Crippen LogP contribution < -0.4 is 15.4 Å². The van der Waals surface area contributed by atoms with Crippen molar-refractivity contribution in [1.82, 2.24) is 10.2 Å². The van der Waals surface area contributed by atoms with Gasteiger partial charge in [0.2, 0.25) is 5.91 Å². The molecule has 0 aromatic heterocycles. The van der Waals surface area contributed by atoms with Crippen LogP contribution in [0, 0.1) is 0 Å². The van der Waals surface area contributed by atoms with Gasteiger partial charge in [-0.1, -0.05) is 26.0 Å². The van der Waals surface area contributed by atoms with Crippen molar-refractivity contribution in [2.24, 2.45) is 0 Å². The second-order valence-corrected chi connectivity index (χ2v) is 7.21. The molecule has 0 aliphatic carbocycles. The van der Waals surface area contributed by atoms with Gasteiger partial charge in [0.25, 0.3) is 5.91 Å². The van der Waals surface area contributed by atoms with Crippen molar-refractivity contribution in [2.45, 2.75) is 32.2 Å². The minimum Gasteiger partial charge on any atom is -0.497 e. The van der Waals surface area contributed by atoms with Gasteiger partial charge in [0, 0.05) is 17.7 Å². The normalized spacial score (nSPS) is 18.0. The average Bonchev–Trinajstić information content (AvgIpc) is 3.04. The highest BCUT2D eigenvalue weighted by molar-refractivity contribution is 6.11. The molecule has 8 nitrogen and oxygen atoms in total. The molecule has 1 saturated heterocycles. The van der Waals surface area contributed by atoms with E-state index < -0.39 is 17.5 Å². The molecule has 0 spiro atoms. The molecule has 4 amide bonds. The largest absolute Gasteiger partial charge is 0.497 e. The maximum Gasteiger partial charge on any atom is 0.325 e. The number of amides is 4. The van der Waals surface area contributed by atoms with Crippen LogP contribution in [0.25, 0.3) is 0 Å². The highest BCUT2D eigenvalue weighted by Crippen LogP contribution is 2.33. The summed E-state index contributed by atoms with van der Waals surface area (Å²) in [6.45, 7) is 3.17. The van der Waals surface area contributed by atoms with E-state index in [9.17, 15) is 19.2 Å². The Bertz CT molecular complexity index is 1000. The Kier molecular flexibility index (Phi) is 6.39. The first-order valence-electron chi connectivity index (χ1n) is 10.1. The molecule has 1 heterocycles. The molecule has 1 atom stereocenters. The summed E-state index contributed by atoms with van der Waals surface area (Å²) < 4.78 is 5.15. The van der Waals surface area contributed by atoms with Crippen molar-refractivity contribution < 1.29 is 23.9 Å². The van der Waals surface area contributed by atoms with E-state index in [2.05, 4.69) is 10.6 Å². The topological polar surface area (TPSA) is 105 Å². The summed E-state index contributed by atoms with van der Waals surface area (Å²) in [6.07, 6.45) is 0.681. The number of imide groups is 1. The monoisotopic (exact) mass is 423 g/mol. The zero-order valence-electron chi connectivity index (χ0n) is 17.7. The van der Waals surface area contributed by atoms with Crippen LogP contribution in [-0.2, 0) is 15.1 Å². The first kappa shape index (κ1) is 22.0. The molecule has 1 aliphatic heterocycles. The fourth-order valence-corrected chi connectivity index (χ4v) is 3.51. The van der Waals surface area contributed by atoms with Gasteiger partial charge >= 0.3 is 6.03 Å². The van der Waals surface area contributed by atoms with E-state index >= 15 is 0 Å². The van der Waals surface area contributed by atoms with E-state index in [1.54, 1.807) is 69.5 Å². The van der Waals surface area contributed by atoms with Crippen molar-refractivity contribution in [3.05, 3.63) is 59.7 Å². The van der Waals surface area contributed by atoms with Crippen LogP contribution >= 0.6 is 0 Å². The van der Waals surface area contributed by atoms with Crippen molar-refractivity contribution >= 4 is 29.3 Å². The van der Waals surface area contributed by atoms with E-state index in [0.29, 0.717) is 35.4 Å². The van der Waals surface area contributed by atoms with Gasteiger partial charge in [-0.15, -0.1) is 0 Å². The lowest BCUT2D eigenvalue weighted by atomic mass is 9.87. The first-order valence-corrected chi connectivity index (χ1v) is 10.1. The van der Waals surface area contributed by atoms with E-state index in [4.69, 9.17) is 4.74 Å². The maximum atomic E-state index is 13.2. The zero-order valence-corrected chi connectivity index (χ0v) is 17.7.